The first-order valence-electron chi connectivity index (χ1n) is 10.4. The van der Waals surface area contributed by atoms with Crippen molar-refractivity contribution >= 4 is 27.1 Å². The van der Waals surface area contributed by atoms with Gasteiger partial charge >= 0.3 is 0 Å². The van der Waals surface area contributed by atoms with Crippen molar-refractivity contribution < 1.29 is 13.2 Å². The van der Waals surface area contributed by atoms with E-state index in [-0.39, 0.29) is 17.7 Å². The van der Waals surface area contributed by atoms with E-state index in [0.717, 1.165) is 29.0 Å². The second-order valence-corrected chi connectivity index (χ2v) is 11.1. The molecule has 0 spiro atoms. The smallest absolute Gasteiger partial charge is 0.238 e. The molecular formula is C24H26N2O3S2. The van der Waals surface area contributed by atoms with E-state index in [1.807, 2.05) is 67.6 Å². The molecule has 0 saturated heterocycles. The lowest BCUT2D eigenvalue weighted by atomic mass is 10.1. The van der Waals surface area contributed by atoms with Crippen LogP contribution in [0.25, 0.3) is 10.6 Å². The minimum Gasteiger partial charge on any atom is -0.335 e. The zero-order valence-corrected chi connectivity index (χ0v) is 19.1. The van der Waals surface area contributed by atoms with Gasteiger partial charge in [-0.15, -0.1) is 11.3 Å². The van der Waals surface area contributed by atoms with Gasteiger partial charge in [0.25, 0.3) is 0 Å². The minimum atomic E-state index is -3.63. The van der Waals surface area contributed by atoms with Gasteiger partial charge in [0.15, 0.2) is 9.84 Å². The first-order valence-corrected chi connectivity index (χ1v) is 13.1. The number of benzene rings is 2. The van der Waals surface area contributed by atoms with E-state index in [0.29, 0.717) is 18.2 Å². The van der Waals surface area contributed by atoms with E-state index in [1.165, 1.54) is 11.3 Å². The molecule has 31 heavy (non-hydrogen) atoms. The van der Waals surface area contributed by atoms with Gasteiger partial charge in [-0.2, -0.15) is 0 Å². The first kappa shape index (κ1) is 21.7. The summed E-state index contributed by atoms with van der Waals surface area (Å²) >= 11 is 1.42. The van der Waals surface area contributed by atoms with Crippen molar-refractivity contribution in [1.29, 1.82) is 0 Å². The van der Waals surface area contributed by atoms with Gasteiger partial charge in [-0.1, -0.05) is 60.7 Å². The fraction of sp³-hybridized carbons (Fsp3) is 0.333. The van der Waals surface area contributed by atoms with E-state index in [4.69, 9.17) is 0 Å². The van der Waals surface area contributed by atoms with Gasteiger partial charge in [0.2, 0.25) is 5.91 Å². The van der Waals surface area contributed by atoms with Crippen LogP contribution < -0.4 is 0 Å². The van der Waals surface area contributed by atoms with Crippen molar-refractivity contribution in [2.24, 2.45) is 5.92 Å². The van der Waals surface area contributed by atoms with E-state index < -0.39 is 15.6 Å². The molecule has 162 valence electrons. The molecule has 4 rings (SSSR count). The lowest BCUT2D eigenvalue weighted by molar-refractivity contribution is -0.131. The van der Waals surface area contributed by atoms with Gasteiger partial charge < -0.3 is 4.90 Å². The Balaban J connectivity index is 1.45. The molecular weight excluding hydrogens is 428 g/mol. The first-order chi connectivity index (χ1) is 14.9. The quantitative estimate of drug-likeness (QED) is 0.476. The zero-order chi connectivity index (χ0) is 21.8. The molecule has 2 aromatic carbocycles. The Bertz CT molecular complexity index is 1120. The summed E-state index contributed by atoms with van der Waals surface area (Å²) in [5, 5.41) is 2.55. The van der Waals surface area contributed by atoms with Crippen LogP contribution in [0.4, 0.5) is 0 Å². The van der Waals surface area contributed by atoms with Gasteiger partial charge in [-0.3, -0.25) is 4.79 Å². The fourth-order valence-corrected chi connectivity index (χ4v) is 5.88. The predicted molar refractivity (Wildman–Crippen MR) is 124 cm³/mol. The molecule has 1 atom stereocenters. The molecule has 0 aliphatic heterocycles. The maximum absolute atomic E-state index is 13.1. The summed E-state index contributed by atoms with van der Waals surface area (Å²) in [5.74, 6) is -0.585. The molecule has 0 radical (unpaired) electrons. The number of nitrogens with zero attached hydrogens (tertiary/aromatic N) is 2. The molecule has 1 fully saturated rings. The van der Waals surface area contributed by atoms with Crippen LogP contribution in [0.5, 0.6) is 0 Å². The van der Waals surface area contributed by atoms with Crippen molar-refractivity contribution in [3.63, 3.8) is 0 Å². The second kappa shape index (κ2) is 9.32. The SMILES string of the molecule is CC(C1CC1)N(Cc1ccccc1)C(=O)CS(=O)(=O)Cc1csc(-c2ccccc2)n1. The molecule has 1 aliphatic carbocycles. The highest BCUT2D eigenvalue weighted by Gasteiger charge is 2.35. The normalized spacial score (nSPS) is 14.9. The van der Waals surface area contributed by atoms with Crippen LogP contribution in [0.3, 0.4) is 0 Å². The Morgan fingerprint density at radius 2 is 1.74 bits per heavy atom. The third-order valence-electron chi connectivity index (χ3n) is 5.60. The highest BCUT2D eigenvalue weighted by molar-refractivity contribution is 7.91. The number of carbonyl (C=O) groups excluding carboxylic acids is 1. The Labute approximate surface area is 187 Å². The number of aromatic nitrogens is 1. The third kappa shape index (κ3) is 5.80. The van der Waals surface area contributed by atoms with Gasteiger partial charge in [-0.05, 0) is 31.2 Å². The molecule has 1 saturated carbocycles. The van der Waals surface area contributed by atoms with Gasteiger partial charge in [0, 0.05) is 23.5 Å². The maximum Gasteiger partial charge on any atom is 0.238 e. The molecule has 1 aliphatic rings. The average Bonchev–Trinajstić information content (AvgIpc) is 3.51. The Hall–Kier alpha value is -2.51. The fourth-order valence-electron chi connectivity index (χ4n) is 3.71. The molecule has 0 bridgehead atoms. The van der Waals surface area contributed by atoms with Crippen molar-refractivity contribution in [2.45, 2.75) is 38.1 Å². The molecule has 7 heteroatoms. The number of carbonyl (C=O) groups is 1. The number of hydrogen-bond donors (Lipinski definition) is 0. The Morgan fingerprint density at radius 3 is 2.39 bits per heavy atom. The number of amides is 1. The van der Waals surface area contributed by atoms with Crippen molar-refractivity contribution in [1.82, 2.24) is 9.88 Å². The standard InChI is InChI=1S/C24H26N2O3S2/c1-18(20-12-13-20)26(14-19-8-4-2-5-9-19)23(27)17-31(28,29)16-22-15-30-24(25-22)21-10-6-3-7-11-21/h2-11,15,18,20H,12-14,16-17H2,1H3. The number of thiazole rings is 1. The third-order valence-corrected chi connectivity index (χ3v) is 7.96. The van der Waals surface area contributed by atoms with E-state index in [1.54, 1.807) is 10.3 Å². The summed E-state index contributed by atoms with van der Waals surface area (Å²) < 4.78 is 25.7. The van der Waals surface area contributed by atoms with Crippen molar-refractivity contribution in [2.75, 3.05) is 5.75 Å². The number of rotatable bonds is 9. The molecule has 3 aromatic rings. The lowest BCUT2D eigenvalue weighted by Crippen LogP contribution is -2.42. The van der Waals surface area contributed by atoms with E-state index in [2.05, 4.69) is 4.98 Å². The number of sulfone groups is 1. The Kier molecular flexibility index (Phi) is 6.53. The molecule has 1 aromatic heterocycles. The average molecular weight is 455 g/mol. The summed E-state index contributed by atoms with van der Waals surface area (Å²) in [6.45, 7) is 2.46. The molecule has 5 nitrogen and oxygen atoms in total. The summed E-state index contributed by atoms with van der Waals surface area (Å²) in [5.41, 5.74) is 2.45. The molecule has 1 heterocycles. The van der Waals surface area contributed by atoms with Crippen molar-refractivity contribution in [3.05, 3.63) is 77.3 Å². The predicted octanol–water partition coefficient (Wildman–Crippen LogP) is 4.55. The summed E-state index contributed by atoms with van der Waals surface area (Å²) in [6, 6.07) is 19.4. The largest absolute Gasteiger partial charge is 0.335 e. The van der Waals surface area contributed by atoms with Crippen LogP contribution in [-0.2, 0) is 26.9 Å². The van der Waals surface area contributed by atoms with Crippen LogP contribution in [0.1, 0.15) is 31.0 Å². The van der Waals surface area contributed by atoms with Crippen LogP contribution >= 0.6 is 11.3 Å². The highest BCUT2D eigenvalue weighted by Crippen LogP contribution is 2.36. The van der Waals surface area contributed by atoms with Crippen LogP contribution in [0, 0.1) is 5.92 Å². The maximum atomic E-state index is 13.1. The monoisotopic (exact) mass is 454 g/mol. The highest BCUT2D eigenvalue weighted by atomic mass is 32.2. The second-order valence-electron chi connectivity index (χ2n) is 8.13. The van der Waals surface area contributed by atoms with E-state index >= 15 is 0 Å². The zero-order valence-electron chi connectivity index (χ0n) is 17.5. The summed E-state index contributed by atoms with van der Waals surface area (Å²) in [4.78, 5) is 19.3. The molecule has 1 unspecified atom stereocenters. The molecule has 1 amide bonds. The number of hydrogen-bond acceptors (Lipinski definition) is 5. The van der Waals surface area contributed by atoms with Gasteiger partial charge in [-0.25, -0.2) is 13.4 Å². The van der Waals surface area contributed by atoms with E-state index in [9.17, 15) is 13.2 Å². The van der Waals surface area contributed by atoms with Gasteiger partial charge in [0.05, 0.1) is 11.4 Å². The Morgan fingerprint density at radius 1 is 1.10 bits per heavy atom. The van der Waals surface area contributed by atoms with Crippen LogP contribution in [0.15, 0.2) is 66.0 Å². The van der Waals surface area contributed by atoms with Gasteiger partial charge in [0.1, 0.15) is 10.8 Å². The lowest BCUT2D eigenvalue weighted by Gasteiger charge is -2.29. The topological polar surface area (TPSA) is 67.3 Å². The van der Waals surface area contributed by atoms with Crippen LogP contribution in [-0.4, -0.2) is 36.0 Å². The molecule has 0 N–H and O–H groups in total. The van der Waals surface area contributed by atoms with Crippen LogP contribution in [0.2, 0.25) is 0 Å². The minimum absolute atomic E-state index is 0.0341. The van der Waals surface area contributed by atoms with Crippen molar-refractivity contribution in [3.8, 4) is 10.6 Å². The summed E-state index contributed by atoms with van der Waals surface area (Å²) in [7, 11) is -3.63. The summed E-state index contributed by atoms with van der Waals surface area (Å²) in [6.07, 6.45) is 2.18.